The molecule has 0 spiro atoms. The normalized spacial score (nSPS) is 12.1. The minimum absolute atomic E-state index is 0.0381. The Kier molecular flexibility index (Phi) is 5.72. The highest BCUT2D eigenvalue weighted by Crippen LogP contribution is 2.25. The molecule has 150 valence electrons. The van der Waals surface area contributed by atoms with Crippen LogP contribution in [0.25, 0.3) is 5.70 Å². The van der Waals surface area contributed by atoms with E-state index in [1.54, 1.807) is 30.5 Å². The van der Waals surface area contributed by atoms with Gasteiger partial charge in [0, 0.05) is 29.9 Å². The second-order valence-electron chi connectivity index (χ2n) is 7.54. The third-order valence-corrected chi connectivity index (χ3v) is 4.30. The number of nitrogens with two attached hydrogens (primary N) is 1. The number of allylic oxidation sites excluding steroid dienone is 1. The molecule has 0 fully saturated rings. The molecular weight excluding hydrogens is 371 g/mol. The number of aromatic nitrogens is 3. The molecule has 0 bridgehead atoms. The van der Waals surface area contributed by atoms with Gasteiger partial charge in [0.1, 0.15) is 29.3 Å². The largest absolute Gasteiger partial charge is 0.383 e. The van der Waals surface area contributed by atoms with Crippen LogP contribution in [-0.4, -0.2) is 20.8 Å². The van der Waals surface area contributed by atoms with Crippen LogP contribution < -0.4 is 11.1 Å². The van der Waals surface area contributed by atoms with E-state index in [1.807, 2.05) is 20.8 Å². The van der Waals surface area contributed by atoms with Crippen molar-refractivity contribution in [3.8, 4) is 0 Å². The predicted octanol–water partition coefficient (Wildman–Crippen LogP) is 3.68. The fraction of sp³-hybridized carbons (Fsp3) is 0.238. The molecule has 0 aliphatic carbocycles. The summed E-state index contributed by atoms with van der Waals surface area (Å²) in [6.45, 7) is 6.26. The third kappa shape index (κ3) is 4.84. The first-order valence-corrected chi connectivity index (χ1v) is 9.07. The number of hydrogen-bond acceptors (Lipinski definition) is 7. The van der Waals surface area contributed by atoms with Gasteiger partial charge in [0.2, 0.25) is 0 Å². The Morgan fingerprint density at radius 2 is 2.03 bits per heavy atom. The smallest absolute Gasteiger partial charge is 0.179 e. The first kappa shape index (κ1) is 20.2. The Morgan fingerprint density at radius 3 is 2.66 bits per heavy atom. The Labute approximate surface area is 168 Å². The van der Waals surface area contributed by atoms with Crippen LogP contribution in [0.1, 0.15) is 43.4 Å². The summed E-state index contributed by atoms with van der Waals surface area (Å²) in [5.74, 6) is 0.204. The van der Waals surface area contributed by atoms with Crippen molar-refractivity contribution >= 4 is 17.2 Å². The number of hydrogen-bond donors (Lipinski definition) is 3. The Morgan fingerprint density at radius 1 is 1.28 bits per heavy atom. The molecule has 29 heavy (non-hydrogen) atoms. The van der Waals surface area contributed by atoms with Crippen molar-refractivity contribution in [2.45, 2.75) is 32.7 Å². The van der Waals surface area contributed by atoms with Crippen molar-refractivity contribution in [2.24, 2.45) is 0 Å². The summed E-state index contributed by atoms with van der Waals surface area (Å²) in [5, 5.41) is 15.4. The summed E-state index contributed by atoms with van der Waals surface area (Å²) in [6.07, 6.45) is 4.58. The summed E-state index contributed by atoms with van der Waals surface area (Å²) in [7, 11) is 0. The van der Waals surface area contributed by atoms with Gasteiger partial charge in [-0.1, -0.05) is 44.1 Å². The lowest BCUT2D eigenvalue weighted by atomic mass is 9.88. The second kappa shape index (κ2) is 8.22. The quantitative estimate of drug-likeness (QED) is 0.550. The SMILES string of the molecule is CC(C)(C)c1cnc(C(=N)/C=C(\NCc2ccccc2F)c2ccon2)nc1N. The van der Waals surface area contributed by atoms with Crippen molar-refractivity contribution in [2.75, 3.05) is 5.73 Å². The van der Waals surface area contributed by atoms with E-state index in [4.69, 9.17) is 15.7 Å². The molecule has 0 aliphatic rings. The zero-order valence-electron chi connectivity index (χ0n) is 16.5. The van der Waals surface area contributed by atoms with Crippen LogP contribution >= 0.6 is 0 Å². The maximum Gasteiger partial charge on any atom is 0.179 e. The molecule has 0 saturated heterocycles. The average molecular weight is 394 g/mol. The number of rotatable bonds is 6. The highest BCUT2D eigenvalue weighted by Gasteiger charge is 2.19. The van der Waals surface area contributed by atoms with Crippen LogP contribution in [0.2, 0.25) is 0 Å². The van der Waals surface area contributed by atoms with Gasteiger partial charge in [0.15, 0.2) is 5.82 Å². The lowest BCUT2D eigenvalue weighted by molar-refractivity contribution is 0.417. The van der Waals surface area contributed by atoms with Crippen molar-refractivity contribution in [1.29, 1.82) is 5.41 Å². The average Bonchev–Trinajstić information content (AvgIpc) is 3.19. The number of benzene rings is 1. The minimum Gasteiger partial charge on any atom is -0.383 e. The number of halogens is 1. The van der Waals surface area contributed by atoms with Gasteiger partial charge in [0.25, 0.3) is 0 Å². The first-order chi connectivity index (χ1) is 13.8. The lowest BCUT2D eigenvalue weighted by Crippen LogP contribution is -2.18. The van der Waals surface area contributed by atoms with Gasteiger partial charge >= 0.3 is 0 Å². The fourth-order valence-corrected chi connectivity index (χ4v) is 2.71. The minimum atomic E-state index is -0.316. The van der Waals surface area contributed by atoms with Gasteiger partial charge in [-0.25, -0.2) is 14.4 Å². The molecule has 0 aliphatic heterocycles. The molecule has 2 aromatic heterocycles. The van der Waals surface area contributed by atoms with Crippen LogP contribution in [-0.2, 0) is 12.0 Å². The maximum atomic E-state index is 13.9. The zero-order chi connectivity index (χ0) is 21.0. The standard InChI is InChI=1S/C21H23FN6O/c1-21(2,3)14-12-26-20(27-19(14)24)16(23)10-18(17-8-9-29-28-17)25-11-13-6-4-5-7-15(13)22/h4-10,12,23,25H,11H2,1-3H3,(H2,24,26,27)/b18-10-,23-16?. The molecule has 2 heterocycles. The van der Waals surface area contributed by atoms with E-state index in [-0.39, 0.29) is 29.3 Å². The molecule has 7 nitrogen and oxygen atoms in total. The second-order valence-corrected chi connectivity index (χ2v) is 7.54. The Balaban J connectivity index is 1.87. The van der Waals surface area contributed by atoms with E-state index < -0.39 is 0 Å². The van der Waals surface area contributed by atoms with Crippen molar-refractivity contribution in [3.63, 3.8) is 0 Å². The van der Waals surface area contributed by atoms with E-state index in [9.17, 15) is 4.39 Å². The van der Waals surface area contributed by atoms with Crippen molar-refractivity contribution < 1.29 is 8.91 Å². The van der Waals surface area contributed by atoms with Crippen LogP contribution in [0.3, 0.4) is 0 Å². The van der Waals surface area contributed by atoms with E-state index in [2.05, 4.69) is 20.4 Å². The first-order valence-electron chi connectivity index (χ1n) is 9.07. The molecule has 3 rings (SSSR count). The van der Waals surface area contributed by atoms with Gasteiger partial charge in [-0.2, -0.15) is 0 Å². The molecule has 4 N–H and O–H groups in total. The molecule has 0 unspecified atom stereocenters. The fourth-order valence-electron chi connectivity index (χ4n) is 2.71. The number of anilines is 1. The summed E-state index contributed by atoms with van der Waals surface area (Å²) < 4.78 is 18.8. The van der Waals surface area contributed by atoms with E-state index >= 15 is 0 Å². The predicted molar refractivity (Wildman–Crippen MR) is 110 cm³/mol. The number of nitrogens with one attached hydrogen (secondary N) is 2. The zero-order valence-corrected chi connectivity index (χ0v) is 16.5. The molecule has 3 aromatic rings. The molecule has 0 amide bonds. The molecular formula is C21H23FN6O. The molecule has 8 heteroatoms. The van der Waals surface area contributed by atoms with Crippen LogP contribution in [0.5, 0.6) is 0 Å². The number of nitrogens with zero attached hydrogens (tertiary/aromatic N) is 3. The monoisotopic (exact) mass is 394 g/mol. The summed E-state index contributed by atoms with van der Waals surface area (Å²) in [4.78, 5) is 8.55. The topological polar surface area (TPSA) is 114 Å². The highest BCUT2D eigenvalue weighted by molar-refractivity contribution is 6.07. The Hall–Kier alpha value is -3.55. The summed E-state index contributed by atoms with van der Waals surface area (Å²) >= 11 is 0. The van der Waals surface area contributed by atoms with Crippen LogP contribution in [0.4, 0.5) is 10.2 Å². The van der Waals surface area contributed by atoms with E-state index in [0.717, 1.165) is 5.56 Å². The highest BCUT2D eigenvalue weighted by atomic mass is 19.1. The molecule has 0 saturated carbocycles. The lowest BCUT2D eigenvalue weighted by Gasteiger charge is -2.20. The van der Waals surface area contributed by atoms with Crippen molar-refractivity contribution in [3.05, 3.63) is 77.3 Å². The summed E-state index contributed by atoms with van der Waals surface area (Å²) in [5.41, 5.74) is 8.17. The van der Waals surface area contributed by atoms with Crippen LogP contribution in [0, 0.1) is 11.2 Å². The van der Waals surface area contributed by atoms with Gasteiger partial charge in [0.05, 0.1) is 5.70 Å². The van der Waals surface area contributed by atoms with Gasteiger partial charge in [-0.05, 0) is 17.6 Å². The Bertz CT molecular complexity index is 1040. The van der Waals surface area contributed by atoms with E-state index in [1.165, 1.54) is 18.4 Å². The molecule has 1 aromatic carbocycles. The maximum absolute atomic E-state index is 13.9. The van der Waals surface area contributed by atoms with Gasteiger partial charge < -0.3 is 15.6 Å². The number of nitrogen functional groups attached to an aromatic ring is 1. The van der Waals surface area contributed by atoms with Gasteiger partial charge in [-0.3, -0.25) is 5.41 Å². The summed E-state index contributed by atoms with van der Waals surface area (Å²) in [6, 6.07) is 8.11. The van der Waals surface area contributed by atoms with Crippen LogP contribution in [0.15, 0.2) is 53.4 Å². The van der Waals surface area contributed by atoms with E-state index in [0.29, 0.717) is 22.8 Å². The molecule has 0 atom stereocenters. The third-order valence-electron chi connectivity index (χ3n) is 4.30. The molecule has 0 radical (unpaired) electrons. The van der Waals surface area contributed by atoms with Crippen molar-refractivity contribution in [1.82, 2.24) is 20.4 Å². The van der Waals surface area contributed by atoms with Gasteiger partial charge in [-0.15, -0.1) is 0 Å².